The molecule has 5 rings (SSSR count). The van der Waals surface area contributed by atoms with Gasteiger partial charge >= 0.3 is 0 Å². The van der Waals surface area contributed by atoms with Crippen molar-refractivity contribution in [3.8, 4) is 16.3 Å². The van der Waals surface area contributed by atoms with E-state index < -0.39 is 10.0 Å². The van der Waals surface area contributed by atoms with Crippen LogP contribution in [-0.2, 0) is 10.0 Å². The Labute approximate surface area is 200 Å². The minimum Gasteiger partial charge on any atom is -0.320 e. The number of anilines is 2. The number of benzene rings is 2. The minimum absolute atomic E-state index is 0.111. The lowest BCUT2D eigenvalue weighted by atomic mass is 10.2. The number of sulfonamides is 1. The van der Waals surface area contributed by atoms with E-state index in [0.717, 1.165) is 10.6 Å². The predicted octanol–water partition coefficient (Wildman–Crippen LogP) is 5.05. The number of halogens is 1. The highest BCUT2D eigenvalue weighted by atomic mass is 35.5. The van der Waals surface area contributed by atoms with Crippen LogP contribution in [0.5, 0.6) is 0 Å². The number of hydrogen-bond donors (Lipinski definition) is 1. The van der Waals surface area contributed by atoms with Crippen LogP contribution in [0.1, 0.15) is 16.8 Å². The molecular weight excluding hydrogens is 480 g/mol. The smallest absolute Gasteiger partial charge is 0.259 e. The van der Waals surface area contributed by atoms with Crippen molar-refractivity contribution in [3.63, 3.8) is 0 Å². The predicted molar refractivity (Wildman–Crippen MR) is 132 cm³/mol. The second kappa shape index (κ2) is 8.66. The van der Waals surface area contributed by atoms with Gasteiger partial charge in [0.1, 0.15) is 5.69 Å². The van der Waals surface area contributed by atoms with Crippen molar-refractivity contribution in [1.82, 2.24) is 9.78 Å². The summed E-state index contributed by atoms with van der Waals surface area (Å²) in [6, 6.07) is 18.2. The maximum absolute atomic E-state index is 13.3. The number of carbonyl (C=O) groups is 1. The normalized spacial score (nSPS) is 15.0. The lowest BCUT2D eigenvalue weighted by Crippen LogP contribution is -2.25. The molecule has 0 atom stereocenters. The molecule has 7 nitrogen and oxygen atoms in total. The Hall–Kier alpha value is -3.14. The zero-order chi connectivity index (χ0) is 23.0. The maximum atomic E-state index is 13.3. The number of para-hydroxylation sites is 1. The molecule has 3 heterocycles. The van der Waals surface area contributed by atoms with Crippen LogP contribution in [0.4, 0.5) is 11.4 Å². The molecule has 1 amide bonds. The Kier molecular flexibility index (Phi) is 5.69. The molecule has 1 saturated heterocycles. The Morgan fingerprint density at radius 3 is 2.58 bits per heavy atom. The number of amides is 1. The Morgan fingerprint density at radius 1 is 1.06 bits per heavy atom. The standard InChI is InChI=1S/C23H19ClN4O3S2/c24-19-10-9-17(28-11-5-13-33(28,30)31)14-20(19)25-23(29)18-15-27(16-6-2-1-3-7-16)26-22(18)21-8-4-12-32-21/h1-4,6-10,12,14-15H,5,11,13H2,(H,25,29). The number of aromatic nitrogens is 2. The Bertz CT molecular complexity index is 1420. The Balaban J connectivity index is 1.50. The third-order valence-electron chi connectivity index (χ3n) is 5.32. The molecule has 0 bridgehead atoms. The minimum atomic E-state index is -3.35. The van der Waals surface area contributed by atoms with E-state index in [2.05, 4.69) is 10.4 Å². The molecule has 1 N–H and O–H groups in total. The monoisotopic (exact) mass is 498 g/mol. The number of thiophene rings is 1. The van der Waals surface area contributed by atoms with Crippen LogP contribution in [-0.4, -0.2) is 36.4 Å². The topological polar surface area (TPSA) is 84.3 Å². The molecule has 0 spiro atoms. The van der Waals surface area contributed by atoms with Crippen molar-refractivity contribution in [2.45, 2.75) is 6.42 Å². The van der Waals surface area contributed by atoms with E-state index in [1.54, 1.807) is 29.1 Å². The summed E-state index contributed by atoms with van der Waals surface area (Å²) >= 11 is 7.83. The summed E-state index contributed by atoms with van der Waals surface area (Å²) < 4.78 is 27.6. The van der Waals surface area contributed by atoms with Gasteiger partial charge in [-0.15, -0.1) is 11.3 Å². The van der Waals surface area contributed by atoms with Gasteiger partial charge in [0.15, 0.2) is 0 Å². The molecule has 0 radical (unpaired) electrons. The molecule has 0 saturated carbocycles. The van der Waals surface area contributed by atoms with E-state index in [4.69, 9.17) is 11.6 Å². The Morgan fingerprint density at radius 2 is 1.88 bits per heavy atom. The quantitative estimate of drug-likeness (QED) is 0.417. The average Bonchev–Trinajstić information content (AvgIpc) is 3.55. The summed E-state index contributed by atoms with van der Waals surface area (Å²) in [7, 11) is -3.35. The third kappa shape index (κ3) is 4.27. The van der Waals surface area contributed by atoms with Crippen LogP contribution in [0.25, 0.3) is 16.3 Å². The van der Waals surface area contributed by atoms with Gasteiger partial charge in [0.05, 0.1) is 38.3 Å². The molecule has 1 aliphatic heterocycles. The summed E-state index contributed by atoms with van der Waals surface area (Å²) in [6.45, 7) is 0.406. The fourth-order valence-corrected chi connectivity index (χ4v) is 6.18. The highest BCUT2D eigenvalue weighted by molar-refractivity contribution is 7.93. The zero-order valence-corrected chi connectivity index (χ0v) is 19.7. The molecule has 0 unspecified atom stereocenters. The van der Waals surface area contributed by atoms with Gasteiger partial charge < -0.3 is 5.32 Å². The van der Waals surface area contributed by atoms with Gasteiger partial charge in [-0.05, 0) is 48.2 Å². The van der Waals surface area contributed by atoms with Crippen molar-refractivity contribution in [2.24, 2.45) is 0 Å². The average molecular weight is 499 g/mol. The molecule has 33 heavy (non-hydrogen) atoms. The molecule has 1 fully saturated rings. The van der Waals surface area contributed by atoms with Crippen LogP contribution in [0.15, 0.2) is 72.2 Å². The van der Waals surface area contributed by atoms with E-state index in [1.807, 2.05) is 47.8 Å². The van der Waals surface area contributed by atoms with E-state index in [-0.39, 0.29) is 11.7 Å². The lowest BCUT2D eigenvalue weighted by molar-refractivity contribution is 0.102. The van der Waals surface area contributed by atoms with E-state index >= 15 is 0 Å². The first-order chi connectivity index (χ1) is 15.9. The number of rotatable bonds is 5. The number of hydrogen-bond acceptors (Lipinski definition) is 5. The highest BCUT2D eigenvalue weighted by Crippen LogP contribution is 2.33. The molecule has 1 aliphatic rings. The van der Waals surface area contributed by atoms with Crippen LogP contribution in [0.2, 0.25) is 5.02 Å². The molecule has 2 aromatic carbocycles. The first-order valence-corrected chi connectivity index (χ1v) is 13.1. The van der Waals surface area contributed by atoms with Crippen LogP contribution in [0, 0.1) is 0 Å². The zero-order valence-electron chi connectivity index (χ0n) is 17.3. The summed E-state index contributed by atoms with van der Waals surface area (Å²) in [5.74, 6) is -0.274. The van der Waals surface area contributed by atoms with Gasteiger partial charge in [0, 0.05) is 12.7 Å². The van der Waals surface area contributed by atoms with Crippen molar-refractivity contribution in [1.29, 1.82) is 0 Å². The number of nitrogens with one attached hydrogen (secondary N) is 1. The van der Waals surface area contributed by atoms with Gasteiger partial charge in [-0.2, -0.15) is 5.10 Å². The summed E-state index contributed by atoms with van der Waals surface area (Å²) in [6.07, 6.45) is 2.25. The SMILES string of the molecule is O=C(Nc1cc(N2CCCS2(=O)=O)ccc1Cl)c1cn(-c2ccccc2)nc1-c1cccs1. The number of carbonyl (C=O) groups excluding carboxylic acids is 1. The van der Waals surface area contributed by atoms with Crippen molar-refractivity contribution in [3.05, 3.63) is 82.8 Å². The van der Waals surface area contributed by atoms with Gasteiger partial charge in [-0.1, -0.05) is 35.9 Å². The lowest BCUT2D eigenvalue weighted by Gasteiger charge is -2.18. The van der Waals surface area contributed by atoms with Crippen LogP contribution < -0.4 is 9.62 Å². The van der Waals surface area contributed by atoms with Gasteiger partial charge in [-0.25, -0.2) is 13.1 Å². The second-order valence-corrected chi connectivity index (χ2v) is 10.9. The summed E-state index contributed by atoms with van der Waals surface area (Å²) in [5, 5.41) is 9.74. The largest absolute Gasteiger partial charge is 0.320 e. The fourth-order valence-electron chi connectivity index (χ4n) is 3.73. The van der Waals surface area contributed by atoms with Gasteiger partial charge in [0.25, 0.3) is 5.91 Å². The van der Waals surface area contributed by atoms with E-state index in [1.165, 1.54) is 15.6 Å². The van der Waals surface area contributed by atoms with Crippen LogP contribution in [0.3, 0.4) is 0 Å². The van der Waals surface area contributed by atoms with Crippen molar-refractivity contribution < 1.29 is 13.2 Å². The van der Waals surface area contributed by atoms with Crippen LogP contribution >= 0.6 is 22.9 Å². The molecule has 0 aliphatic carbocycles. The number of nitrogens with zero attached hydrogens (tertiary/aromatic N) is 3. The van der Waals surface area contributed by atoms with E-state index in [9.17, 15) is 13.2 Å². The second-order valence-electron chi connectivity index (χ2n) is 7.51. The first kappa shape index (κ1) is 21.7. The van der Waals surface area contributed by atoms with Gasteiger partial charge in [-0.3, -0.25) is 9.10 Å². The highest BCUT2D eigenvalue weighted by Gasteiger charge is 2.29. The molecular formula is C23H19ClN4O3S2. The fraction of sp³-hybridized carbons (Fsp3) is 0.130. The molecule has 4 aromatic rings. The molecule has 2 aromatic heterocycles. The summed E-state index contributed by atoms with van der Waals surface area (Å²) in [4.78, 5) is 14.2. The van der Waals surface area contributed by atoms with Crippen molar-refractivity contribution in [2.75, 3.05) is 21.9 Å². The first-order valence-electron chi connectivity index (χ1n) is 10.2. The summed E-state index contributed by atoms with van der Waals surface area (Å²) in [5.41, 5.74) is 2.59. The molecule has 168 valence electrons. The van der Waals surface area contributed by atoms with Crippen molar-refractivity contribution >= 4 is 50.2 Å². The van der Waals surface area contributed by atoms with E-state index in [0.29, 0.717) is 40.6 Å². The third-order valence-corrected chi connectivity index (χ3v) is 8.40. The maximum Gasteiger partial charge on any atom is 0.259 e. The molecule has 10 heteroatoms. The van der Waals surface area contributed by atoms with Gasteiger partial charge in [0.2, 0.25) is 10.0 Å².